The SMILES string of the molecule is C=C(Nc1cncc(-c2ccc3[nH]nc(-c4cc5c(C6=CCC=C6)cccc5[nH]4)c3n2)c1)C1CCC1. The monoisotopic (exact) mass is 470 g/mol. The van der Waals surface area contributed by atoms with Gasteiger partial charge in [0.15, 0.2) is 0 Å². The van der Waals surface area contributed by atoms with E-state index in [9.17, 15) is 0 Å². The van der Waals surface area contributed by atoms with Crippen LogP contribution in [-0.2, 0) is 0 Å². The molecule has 0 unspecified atom stereocenters. The van der Waals surface area contributed by atoms with E-state index in [2.05, 4.69) is 80.6 Å². The summed E-state index contributed by atoms with van der Waals surface area (Å²) in [5.74, 6) is 0.564. The fraction of sp³-hybridized carbons (Fsp3) is 0.167. The maximum Gasteiger partial charge on any atom is 0.135 e. The van der Waals surface area contributed by atoms with Crippen LogP contribution in [0.1, 0.15) is 31.2 Å². The van der Waals surface area contributed by atoms with Crippen LogP contribution in [0.15, 0.2) is 85.4 Å². The summed E-state index contributed by atoms with van der Waals surface area (Å²) in [6, 6.07) is 14.7. The molecule has 1 fully saturated rings. The summed E-state index contributed by atoms with van der Waals surface area (Å²) >= 11 is 0. The van der Waals surface area contributed by atoms with Crippen molar-refractivity contribution in [2.24, 2.45) is 5.92 Å². The number of anilines is 1. The van der Waals surface area contributed by atoms with E-state index in [-0.39, 0.29) is 0 Å². The molecular formula is C30H26N6. The second-order valence-electron chi connectivity index (χ2n) is 9.65. The Morgan fingerprint density at radius 3 is 2.83 bits per heavy atom. The quantitative estimate of drug-likeness (QED) is 0.244. The first kappa shape index (κ1) is 20.9. The smallest absolute Gasteiger partial charge is 0.135 e. The number of pyridine rings is 2. The fourth-order valence-corrected chi connectivity index (χ4v) is 5.13. The molecule has 176 valence electrons. The molecule has 0 amide bonds. The number of allylic oxidation sites excluding steroid dienone is 5. The number of aromatic nitrogens is 5. The number of rotatable bonds is 6. The molecule has 2 aliphatic carbocycles. The Kier molecular flexibility index (Phi) is 4.84. The predicted octanol–water partition coefficient (Wildman–Crippen LogP) is 7.24. The Morgan fingerprint density at radius 2 is 2.00 bits per heavy atom. The minimum absolute atomic E-state index is 0.564. The first-order valence-electron chi connectivity index (χ1n) is 12.5. The molecule has 6 nitrogen and oxygen atoms in total. The van der Waals surface area contributed by atoms with Crippen molar-refractivity contribution in [3.05, 3.63) is 90.9 Å². The zero-order chi connectivity index (χ0) is 24.1. The lowest BCUT2D eigenvalue weighted by Crippen LogP contribution is -2.18. The van der Waals surface area contributed by atoms with Crippen molar-refractivity contribution in [1.29, 1.82) is 0 Å². The summed E-state index contributed by atoms with van der Waals surface area (Å²) in [4.78, 5) is 13.0. The van der Waals surface area contributed by atoms with Gasteiger partial charge in [-0.05, 0) is 66.6 Å². The van der Waals surface area contributed by atoms with Gasteiger partial charge in [0, 0.05) is 28.4 Å². The van der Waals surface area contributed by atoms with Gasteiger partial charge in [0.05, 0.1) is 28.8 Å². The summed E-state index contributed by atoms with van der Waals surface area (Å²) in [5, 5.41) is 12.4. The topological polar surface area (TPSA) is 82.3 Å². The summed E-state index contributed by atoms with van der Waals surface area (Å²) in [7, 11) is 0. The van der Waals surface area contributed by atoms with E-state index in [4.69, 9.17) is 4.98 Å². The number of nitrogens with zero attached hydrogens (tertiary/aromatic N) is 3. The number of fused-ring (bicyclic) bond motifs is 2. The van der Waals surface area contributed by atoms with Crippen molar-refractivity contribution in [3.8, 4) is 22.6 Å². The van der Waals surface area contributed by atoms with Gasteiger partial charge < -0.3 is 10.3 Å². The molecule has 1 aromatic carbocycles. The standard InChI is InChI=1S/C30H26N6/c1-18(19-8-4-9-19)32-22-14-21(16-31-17-22)25-12-13-27-29(34-25)30(36-35-27)28-15-24-23(20-6-2-3-7-20)10-5-11-26(24)33-28/h2,5-7,10-17,19,32-33H,1,3-4,8-9H2,(H,35,36). The van der Waals surface area contributed by atoms with Crippen LogP contribution in [0, 0.1) is 5.92 Å². The number of benzene rings is 1. The van der Waals surface area contributed by atoms with E-state index in [1.807, 2.05) is 24.5 Å². The molecule has 1 saturated carbocycles. The van der Waals surface area contributed by atoms with Gasteiger partial charge >= 0.3 is 0 Å². The lowest BCUT2D eigenvalue weighted by molar-refractivity contribution is 0.371. The fourth-order valence-electron chi connectivity index (χ4n) is 5.13. The van der Waals surface area contributed by atoms with Crippen LogP contribution in [-0.4, -0.2) is 25.1 Å². The van der Waals surface area contributed by atoms with Crippen molar-refractivity contribution in [1.82, 2.24) is 25.1 Å². The Labute approximate surface area is 208 Å². The van der Waals surface area contributed by atoms with E-state index < -0.39 is 0 Å². The Hall–Kier alpha value is -4.45. The van der Waals surface area contributed by atoms with E-state index in [0.29, 0.717) is 5.92 Å². The molecule has 0 spiro atoms. The zero-order valence-corrected chi connectivity index (χ0v) is 19.9. The van der Waals surface area contributed by atoms with Crippen LogP contribution in [0.3, 0.4) is 0 Å². The molecule has 3 N–H and O–H groups in total. The molecule has 0 saturated heterocycles. The largest absolute Gasteiger partial charge is 0.358 e. The Morgan fingerprint density at radius 1 is 1.06 bits per heavy atom. The summed E-state index contributed by atoms with van der Waals surface area (Å²) in [5.41, 5.74) is 10.9. The lowest BCUT2D eigenvalue weighted by atomic mass is 9.83. The van der Waals surface area contributed by atoms with Gasteiger partial charge in [0.2, 0.25) is 0 Å². The van der Waals surface area contributed by atoms with Gasteiger partial charge in [-0.15, -0.1) is 0 Å². The van der Waals surface area contributed by atoms with Gasteiger partial charge in [-0.2, -0.15) is 5.10 Å². The van der Waals surface area contributed by atoms with Gasteiger partial charge in [0.25, 0.3) is 0 Å². The van der Waals surface area contributed by atoms with Gasteiger partial charge in [-0.3, -0.25) is 10.1 Å². The highest BCUT2D eigenvalue weighted by molar-refractivity contribution is 6.00. The van der Waals surface area contributed by atoms with Gasteiger partial charge in [0.1, 0.15) is 11.2 Å². The third kappa shape index (κ3) is 3.53. The maximum atomic E-state index is 5.01. The normalized spacial score (nSPS) is 15.4. The van der Waals surface area contributed by atoms with E-state index in [1.54, 1.807) is 0 Å². The number of hydrogen-bond donors (Lipinski definition) is 3. The molecule has 5 aromatic rings. The predicted molar refractivity (Wildman–Crippen MR) is 146 cm³/mol. The Bertz CT molecular complexity index is 1700. The van der Waals surface area contributed by atoms with Gasteiger partial charge in [-0.25, -0.2) is 4.98 Å². The highest BCUT2D eigenvalue weighted by Crippen LogP contribution is 2.35. The van der Waals surface area contributed by atoms with Crippen LogP contribution in [0.25, 0.3) is 50.2 Å². The maximum absolute atomic E-state index is 5.01. The van der Waals surface area contributed by atoms with Crippen molar-refractivity contribution in [2.45, 2.75) is 25.7 Å². The number of aromatic amines is 2. The molecule has 4 heterocycles. The summed E-state index contributed by atoms with van der Waals surface area (Å²) in [6.45, 7) is 4.23. The molecule has 0 aliphatic heterocycles. The van der Waals surface area contributed by atoms with Crippen molar-refractivity contribution in [3.63, 3.8) is 0 Å². The molecule has 0 radical (unpaired) electrons. The van der Waals surface area contributed by atoms with E-state index in [0.717, 1.165) is 57.0 Å². The minimum Gasteiger partial charge on any atom is -0.358 e. The van der Waals surface area contributed by atoms with Crippen LogP contribution in [0.4, 0.5) is 5.69 Å². The lowest BCUT2D eigenvalue weighted by Gasteiger charge is -2.28. The molecule has 2 aliphatic rings. The molecule has 7 rings (SSSR count). The molecule has 0 atom stereocenters. The number of hydrogen-bond acceptors (Lipinski definition) is 4. The summed E-state index contributed by atoms with van der Waals surface area (Å²) in [6.07, 6.45) is 15.0. The van der Waals surface area contributed by atoms with E-state index in [1.165, 1.54) is 35.8 Å². The van der Waals surface area contributed by atoms with Crippen molar-refractivity contribution >= 4 is 33.2 Å². The van der Waals surface area contributed by atoms with Crippen LogP contribution >= 0.6 is 0 Å². The van der Waals surface area contributed by atoms with Crippen molar-refractivity contribution in [2.75, 3.05) is 5.32 Å². The molecule has 0 bridgehead atoms. The number of H-pyrrole nitrogens is 2. The Balaban J connectivity index is 1.26. The van der Waals surface area contributed by atoms with Crippen LogP contribution in [0.5, 0.6) is 0 Å². The average Bonchev–Trinajstić information content (AvgIpc) is 3.61. The second kappa shape index (κ2) is 8.34. The third-order valence-electron chi connectivity index (χ3n) is 7.35. The van der Waals surface area contributed by atoms with Gasteiger partial charge in [-0.1, -0.05) is 43.4 Å². The van der Waals surface area contributed by atoms with Crippen LogP contribution in [0.2, 0.25) is 0 Å². The second-order valence-corrected chi connectivity index (χ2v) is 9.65. The first-order valence-corrected chi connectivity index (χ1v) is 12.5. The molecule has 4 aromatic heterocycles. The van der Waals surface area contributed by atoms with E-state index >= 15 is 0 Å². The molecule has 36 heavy (non-hydrogen) atoms. The molecular weight excluding hydrogens is 444 g/mol. The van der Waals surface area contributed by atoms with Crippen molar-refractivity contribution < 1.29 is 0 Å². The highest BCUT2D eigenvalue weighted by Gasteiger charge is 2.21. The average molecular weight is 471 g/mol. The first-order chi connectivity index (χ1) is 17.7. The highest BCUT2D eigenvalue weighted by atomic mass is 15.1. The third-order valence-corrected chi connectivity index (χ3v) is 7.35. The zero-order valence-electron chi connectivity index (χ0n) is 19.9. The van der Waals surface area contributed by atoms with Crippen LogP contribution < -0.4 is 5.32 Å². The minimum atomic E-state index is 0.564. The molecule has 6 heteroatoms. The summed E-state index contributed by atoms with van der Waals surface area (Å²) < 4.78 is 0. The number of nitrogens with one attached hydrogen (secondary N) is 3.